The van der Waals surface area contributed by atoms with Crippen molar-refractivity contribution < 1.29 is 24.5 Å². The van der Waals surface area contributed by atoms with Crippen LogP contribution in [0.15, 0.2) is 121 Å². The summed E-state index contributed by atoms with van der Waals surface area (Å²) < 4.78 is 7.19. The summed E-state index contributed by atoms with van der Waals surface area (Å²) in [6.45, 7) is 2.47. The highest BCUT2D eigenvalue weighted by molar-refractivity contribution is 6.07. The lowest BCUT2D eigenvalue weighted by molar-refractivity contribution is -0.139. The number of aliphatic hydroxyl groups is 2. The molecule has 0 aliphatic carbocycles. The maximum atomic E-state index is 14.1. The minimum absolute atomic E-state index is 0.0771. The number of ether oxygens (including phenoxy) is 1. The molecular formula is C39H39N5O5. The van der Waals surface area contributed by atoms with Crippen molar-refractivity contribution in [3.63, 3.8) is 0 Å². The summed E-state index contributed by atoms with van der Waals surface area (Å²) in [5.74, 6) is -0.969. The van der Waals surface area contributed by atoms with Crippen LogP contribution < -0.4 is 15.0 Å². The Morgan fingerprint density at radius 1 is 1.00 bits per heavy atom. The van der Waals surface area contributed by atoms with E-state index in [1.807, 2.05) is 92.0 Å². The zero-order chi connectivity index (χ0) is 34.4. The number of rotatable bonds is 13. The molecule has 0 bridgehead atoms. The number of benzene rings is 4. The Hall–Kier alpha value is -5.58. The highest BCUT2D eigenvalue weighted by Gasteiger charge is 2.52. The zero-order valence-electron chi connectivity index (χ0n) is 27.4. The van der Waals surface area contributed by atoms with Crippen molar-refractivity contribution in [2.45, 2.75) is 38.0 Å². The summed E-state index contributed by atoms with van der Waals surface area (Å²) in [5.41, 5.74) is 2.83. The van der Waals surface area contributed by atoms with Crippen LogP contribution in [0.3, 0.4) is 0 Å². The van der Waals surface area contributed by atoms with Crippen molar-refractivity contribution in [3.05, 3.63) is 149 Å². The molecule has 10 nitrogen and oxygen atoms in total. The fourth-order valence-corrected chi connectivity index (χ4v) is 6.22. The third-order valence-electron chi connectivity index (χ3n) is 8.94. The minimum atomic E-state index is -1.83. The fraction of sp³-hybridized carbons (Fsp3) is 0.231. The first-order chi connectivity index (χ1) is 23.8. The molecule has 2 amide bonds. The van der Waals surface area contributed by atoms with Crippen LogP contribution in [0.4, 0.5) is 11.4 Å². The number of aliphatic hydroxyl groups excluding tert-OH is 1. The smallest absolute Gasteiger partial charge is 0.264 e. The summed E-state index contributed by atoms with van der Waals surface area (Å²) >= 11 is 0. The molecule has 1 aromatic heterocycles. The average molecular weight is 658 g/mol. The van der Waals surface area contributed by atoms with Gasteiger partial charge in [0.25, 0.3) is 11.8 Å². The van der Waals surface area contributed by atoms with E-state index in [4.69, 9.17) is 4.74 Å². The standard InChI is InChI=1S/C39H39N5O5/c1-27(12-9-10-21-43-25-35(41-42-43)33(26-45)29-14-5-3-6-15-29)39(48)34-23-32(49-2)19-20-36(34)44(38(39)47)24-28-13-11-18-31(22-28)40-37(46)30-16-7-4-8-17-30/h3-9,11-20,22-23,25,27,33,45,48H,10,21,24,26H2,1-2H3,(H,40,46)/b12-9+/t27-,33?,39+/m0/s1. The molecule has 5 aromatic rings. The molecule has 0 saturated carbocycles. The van der Waals surface area contributed by atoms with Crippen molar-refractivity contribution in [2.24, 2.45) is 5.92 Å². The zero-order valence-corrected chi connectivity index (χ0v) is 27.4. The number of carbonyl (C=O) groups excluding carboxylic acids is 2. The second-order valence-corrected chi connectivity index (χ2v) is 12.1. The number of hydrogen-bond donors (Lipinski definition) is 3. The van der Waals surface area contributed by atoms with E-state index in [-0.39, 0.29) is 25.0 Å². The predicted molar refractivity (Wildman–Crippen MR) is 187 cm³/mol. The van der Waals surface area contributed by atoms with Crippen molar-refractivity contribution in [3.8, 4) is 5.75 Å². The largest absolute Gasteiger partial charge is 0.497 e. The molecule has 1 aliphatic rings. The Kier molecular flexibility index (Phi) is 9.98. The van der Waals surface area contributed by atoms with Crippen LogP contribution in [0.1, 0.15) is 52.0 Å². The molecule has 10 heteroatoms. The Balaban J connectivity index is 1.16. The van der Waals surface area contributed by atoms with Crippen molar-refractivity contribution in [1.82, 2.24) is 15.0 Å². The van der Waals surface area contributed by atoms with Gasteiger partial charge in [0.05, 0.1) is 37.6 Å². The van der Waals surface area contributed by atoms with Gasteiger partial charge in [-0.25, -0.2) is 0 Å². The Morgan fingerprint density at radius 3 is 2.49 bits per heavy atom. The molecule has 0 radical (unpaired) electrons. The van der Waals surface area contributed by atoms with E-state index >= 15 is 0 Å². The van der Waals surface area contributed by atoms with Crippen molar-refractivity contribution in [2.75, 3.05) is 23.9 Å². The van der Waals surface area contributed by atoms with Gasteiger partial charge in [-0.1, -0.05) is 85.0 Å². The number of carbonyl (C=O) groups is 2. The van der Waals surface area contributed by atoms with Gasteiger partial charge < -0.3 is 25.2 Å². The number of fused-ring (bicyclic) bond motifs is 1. The molecule has 250 valence electrons. The normalized spacial score (nSPS) is 16.8. The summed E-state index contributed by atoms with van der Waals surface area (Å²) in [6.07, 6.45) is 6.20. The van der Waals surface area contributed by atoms with Gasteiger partial charge in [-0.15, -0.1) is 5.10 Å². The first-order valence-electron chi connectivity index (χ1n) is 16.2. The van der Waals surface area contributed by atoms with Gasteiger partial charge >= 0.3 is 0 Å². The van der Waals surface area contributed by atoms with E-state index in [1.54, 1.807) is 53.1 Å². The van der Waals surface area contributed by atoms with E-state index in [9.17, 15) is 19.8 Å². The van der Waals surface area contributed by atoms with Gasteiger partial charge in [0.15, 0.2) is 5.60 Å². The number of methoxy groups -OCH3 is 1. The van der Waals surface area contributed by atoms with Crippen LogP contribution in [0.25, 0.3) is 0 Å². The monoisotopic (exact) mass is 657 g/mol. The molecule has 2 heterocycles. The SMILES string of the molecule is COc1ccc2c(c1)[C@](O)([C@@H](C)/C=C/CCn1cc(C(CO)c3ccccc3)nn1)C(=O)N2Cc1cccc(NC(=O)c2ccccc2)c1. The van der Waals surface area contributed by atoms with E-state index < -0.39 is 17.4 Å². The molecular weight excluding hydrogens is 618 g/mol. The molecule has 0 saturated heterocycles. The Morgan fingerprint density at radius 2 is 1.76 bits per heavy atom. The number of nitrogens with one attached hydrogen (secondary N) is 1. The minimum Gasteiger partial charge on any atom is -0.497 e. The van der Waals surface area contributed by atoms with Crippen LogP contribution in [-0.4, -0.2) is 50.7 Å². The van der Waals surface area contributed by atoms with E-state index in [0.29, 0.717) is 46.9 Å². The lowest BCUT2D eigenvalue weighted by Crippen LogP contribution is -2.44. The lowest BCUT2D eigenvalue weighted by atomic mass is 9.83. The van der Waals surface area contributed by atoms with Gasteiger partial charge in [-0.3, -0.25) is 14.3 Å². The molecule has 49 heavy (non-hydrogen) atoms. The first-order valence-corrected chi connectivity index (χ1v) is 16.2. The molecule has 6 rings (SSSR count). The fourth-order valence-electron chi connectivity index (χ4n) is 6.22. The highest BCUT2D eigenvalue weighted by Crippen LogP contribution is 2.47. The van der Waals surface area contributed by atoms with E-state index in [1.165, 1.54) is 0 Å². The summed E-state index contributed by atoms with van der Waals surface area (Å²) in [6, 6.07) is 31.3. The quantitative estimate of drug-likeness (QED) is 0.139. The highest BCUT2D eigenvalue weighted by atomic mass is 16.5. The van der Waals surface area contributed by atoms with E-state index in [2.05, 4.69) is 15.6 Å². The van der Waals surface area contributed by atoms with Gasteiger partial charge in [0, 0.05) is 35.5 Å². The predicted octanol–water partition coefficient (Wildman–Crippen LogP) is 5.68. The average Bonchev–Trinajstić information content (AvgIpc) is 3.68. The summed E-state index contributed by atoms with van der Waals surface area (Å²) in [5, 5.41) is 33.6. The second kappa shape index (κ2) is 14.7. The van der Waals surface area contributed by atoms with Gasteiger partial charge in [0.1, 0.15) is 5.75 Å². The lowest BCUT2D eigenvalue weighted by Gasteiger charge is -2.28. The third kappa shape index (κ3) is 7.01. The van der Waals surface area contributed by atoms with Gasteiger partial charge in [-0.05, 0) is 60.0 Å². The molecule has 1 aliphatic heterocycles. The number of anilines is 2. The van der Waals surface area contributed by atoms with E-state index in [0.717, 1.165) is 11.1 Å². The number of hydrogen-bond acceptors (Lipinski definition) is 7. The molecule has 0 fully saturated rings. The van der Waals surface area contributed by atoms with Crippen molar-refractivity contribution in [1.29, 1.82) is 0 Å². The Labute approximate surface area is 285 Å². The summed E-state index contributed by atoms with van der Waals surface area (Å²) in [4.78, 5) is 28.5. The second-order valence-electron chi connectivity index (χ2n) is 12.1. The molecule has 4 aromatic carbocycles. The van der Waals surface area contributed by atoms with Crippen LogP contribution in [0.5, 0.6) is 5.75 Å². The maximum Gasteiger partial charge on any atom is 0.264 e. The first kappa shape index (κ1) is 33.3. The number of aromatic nitrogens is 3. The van der Waals surface area contributed by atoms with Crippen molar-refractivity contribution >= 4 is 23.2 Å². The third-order valence-corrected chi connectivity index (χ3v) is 8.94. The Bertz CT molecular complexity index is 1940. The molecule has 1 unspecified atom stereocenters. The molecule has 3 N–H and O–H groups in total. The van der Waals surface area contributed by atoms with Crippen LogP contribution in [0, 0.1) is 5.92 Å². The molecule has 0 spiro atoms. The topological polar surface area (TPSA) is 130 Å². The number of allylic oxidation sites excluding steroid dienone is 1. The summed E-state index contributed by atoms with van der Waals surface area (Å²) in [7, 11) is 1.55. The maximum absolute atomic E-state index is 14.1. The number of amides is 2. The van der Waals surface area contributed by atoms with Crippen LogP contribution in [-0.2, 0) is 23.5 Å². The number of nitrogens with zero attached hydrogens (tertiary/aromatic N) is 4. The van der Waals surface area contributed by atoms with Crippen LogP contribution >= 0.6 is 0 Å². The van der Waals surface area contributed by atoms with Gasteiger partial charge in [0.2, 0.25) is 0 Å². The van der Waals surface area contributed by atoms with Crippen LogP contribution in [0.2, 0.25) is 0 Å². The number of aryl methyl sites for hydroxylation is 1. The molecule has 3 atom stereocenters. The van der Waals surface area contributed by atoms with Gasteiger partial charge in [-0.2, -0.15) is 0 Å².